The van der Waals surface area contributed by atoms with Gasteiger partial charge in [0.2, 0.25) is 5.91 Å². The Labute approximate surface area is 129 Å². The SMILES string of the molecule is CC1CN(C(=O)C=Cc2cccc(Cl)c2Cl)C(C)CO1. The van der Waals surface area contributed by atoms with Gasteiger partial charge in [-0.25, -0.2) is 0 Å². The van der Waals surface area contributed by atoms with Crippen molar-refractivity contribution in [1.29, 1.82) is 0 Å². The molecule has 0 spiro atoms. The van der Waals surface area contributed by atoms with Crippen LogP contribution in [0.4, 0.5) is 0 Å². The molecule has 0 aromatic heterocycles. The van der Waals surface area contributed by atoms with E-state index >= 15 is 0 Å². The molecule has 2 unspecified atom stereocenters. The Morgan fingerprint density at radius 3 is 2.90 bits per heavy atom. The monoisotopic (exact) mass is 313 g/mol. The van der Waals surface area contributed by atoms with Crippen molar-refractivity contribution in [3.63, 3.8) is 0 Å². The predicted molar refractivity (Wildman–Crippen MR) is 82.1 cm³/mol. The summed E-state index contributed by atoms with van der Waals surface area (Å²) in [6.45, 7) is 5.11. The molecule has 0 radical (unpaired) electrons. The van der Waals surface area contributed by atoms with Crippen molar-refractivity contribution in [3.05, 3.63) is 39.9 Å². The third-order valence-electron chi connectivity index (χ3n) is 3.28. The summed E-state index contributed by atoms with van der Waals surface area (Å²) >= 11 is 12.0. The summed E-state index contributed by atoms with van der Waals surface area (Å²) in [6.07, 6.45) is 3.30. The molecule has 1 aromatic carbocycles. The van der Waals surface area contributed by atoms with Gasteiger partial charge in [-0.1, -0.05) is 35.3 Å². The van der Waals surface area contributed by atoms with E-state index in [4.69, 9.17) is 27.9 Å². The number of rotatable bonds is 2. The Hall–Kier alpha value is -1.03. The molecule has 0 N–H and O–H groups in total. The highest BCUT2D eigenvalue weighted by atomic mass is 35.5. The maximum absolute atomic E-state index is 12.2. The van der Waals surface area contributed by atoms with Gasteiger partial charge >= 0.3 is 0 Å². The highest BCUT2D eigenvalue weighted by molar-refractivity contribution is 6.42. The van der Waals surface area contributed by atoms with E-state index in [1.54, 1.807) is 18.2 Å². The summed E-state index contributed by atoms with van der Waals surface area (Å²) in [5.74, 6) is -0.0382. The summed E-state index contributed by atoms with van der Waals surface area (Å²) in [5, 5.41) is 0.941. The minimum absolute atomic E-state index is 0.0382. The summed E-state index contributed by atoms with van der Waals surface area (Å²) in [7, 11) is 0. The van der Waals surface area contributed by atoms with E-state index in [0.717, 1.165) is 5.56 Å². The Balaban J connectivity index is 2.10. The molecule has 3 nitrogen and oxygen atoms in total. The van der Waals surface area contributed by atoms with Crippen LogP contribution in [0.15, 0.2) is 24.3 Å². The summed E-state index contributed by atoms with van der Waals surface area (Å²) in [4.78, 5) is 14.0. The average molecular weight is 314 g/mol. The van der Waals surface area contributed by atoms with Crippen molar-refractivity contribution in [2.45, 2.75) is 26.0 Å². The summed E-state index contributed by atoms with van der Waals surface area (Å²) < 4.78 is 5.51. The number of ether oxygens (including phenoxy) is 1. The number of carbonyl (C=O) groups is 1. The smallest absolute Gasteiger partial charge is 0.246 e. The number of amides is 1. The van der Waals surface area contributed by atoms with E-state index in [-0.39, 0.29) is 18.1 Å². The summed E-state index contributed by atoms with van der Waals surface area (Å²) in [6, 6.07) is 5.42. The number of carbonyl (C=O) groups excluding carboxylic acids is 1. The van der Waals surface area contributed by atoms with Gasteiger partial charge in [0.15, 0.2) is 0 Å². The molecule has 1 aliphatic rings. The first-order valence-electron chi connectivity index (χ1n) is 6.53. The standard InChI is InChI=1S/C15H17Cl2NO2/c1-10-9-20-11(2)8-18(10)14(19)7-6-12-4-3-5-13(16)15(12)17/h3-7,10-11H,8-9H2,1-2H3. The second-order valence-corrected chi connectivity index (χ2v) is 5.75. The van der Waals surface area contributed by atoms with Crippen molar-refractivity contribution < 1.29 is 9.53 Å². The van der Waals surface area contributed by atoms with Gasteiger partial charge in [-0.05, 0) is 31.6 Å². The van der Waals surface area contributed by atoms with E-state index < -0.39 is 0 Å². The van der Waals surface area contributed by atoms with Gasteiger partial charge in [-0.15, -0.1) is 0 Å². The predicted octanol–water partition coefficient (Wildman–Crippen LogP) is 3.64. The number of hydrogen-bond acceptors (Lipinski definition) is 2. The molecule has 1 heterocycles. The molecule has 1 aromatic rings. The van der Waals surface area contributed by atoms with Gasteiger partial charge in [-0.3, -0.25) is 4.79 Å². The molecule has 0 saturated carbocycles. The van der Waals surface area contributed by atoms with Crippen molar-refractivity contribution in [2.24, 2.45) is 0 Å². The van der Waals surface area contributed by atoms with Crippen LogP contribution in [0.1, 0.15) is 19.4 Å². The van der Waals surface area contributed by atoms with Crippen molar-refractivity contribution >= 4 is 35.2 Å². The second kappa shape index (κ2) is 6.61. The van der Waals surface area contributed by atoms with Crippen LogP contribution in [-0.4, -0.2) is 36.1 Å². The van der Waals surface area contributed by atoms with Gasteiger partial charge in [0.25, 0.3) is 0 Å². The van der Waals surface area contributed by atoms with Crippen LogP contribution >= 0.6 is 23.2 Å². The van der Waals surface area contributed by atoms with Crippen molar-refractivity contribution in [2.75, 3.05) is 13.2 Å². The maximum Gasteiger partial charge on any atom is 0.246 e. The zero-order valence-corrected chi connectivity index (χ0v) is 13.0. The van der Waals surface area contributed by atoms with Crippen LogP contribution in [0, 0.1) is 0 Å². The Morgan fingerprint density at radius 2 is 2.15 bits per heavy atom. The highest BCUT2D eigenvalue weighted by Gasteiger charge is 2.25. The van der Waals surface area contributed by atoms with Gasteiger partial charge < -0.3 is 9.64 Å². The third-order valence-corrected chi connectivity index (χ3v) is 4.11. The number of hydrogen-bond donors (Lipinski definition) is 0. The first-order valence-corrected chi connectivity index (χ1v) is 7.29. The molecule has 108 valence electrons. The van der Waals surface area contributed by atoms with Gasteiger partial charge in [0.05, 0.1) is 28.8 Å². The fraction of sp³-hybridized carbons (Fsp3) is 0.400. The number of halogens is 2. The van der Waals surface area contributed by atoms with Crippen molar-refractivity contribution in [3.8, 4) is 0 Å². The Morgan fingerprint density at radius 1 is 1.40 bits per heavy atom. The van der Waals surface area contributed by atoms with E-state index in [0.29, 0.717) is 23.2 Å². The minimum atomic E-state index is -0.0382. The van der Waals surface area contributed by atoms with Crippen LogP contribution in [0.3, 0.4) is 0 Å². The molecule has 1 amide bonds. The van der Waals surface area contributed by atoms with E-state index in [1.807, 2.05) is 24.8 Å². The highest BCUT2D eigenvalue weighted by Crippen LogP contribution is 2.26. The first-order chi connectivity index (χ1) is 9.49. The molecule has 5 heteroatoms. The molecule has 1 fully saturated rings. The largest absolute Gasteiger partial charge is 0.375 e. The number of nitrogens with zero attached hydrogens (tertiary/aromatic N) is 1. The van der Waals surface area contributed by atoms with Gasteiger partial charge in [0, 0.05) is 12.6 Å². The lowest BCUT2D eigenvalue weighted by molar-refractivity contribution is -0.137. The van der Waals surface area contributed by atoms with Crippen LogP contribution in [0.5, 0.6) is 0 Å². The fourth-order valence-electron chi connectivity index (χ4n) is 2.12. The van der Waals surface area contributed by atoms with Crippen LogP contribution in [0.2, 0.25) is 10.0 Å². The van der Waals surface area contributed by atoms with E-state index in [1.165, 1.54) is 6.08 Å². The quantitative estimate of drug-likeness (QED) is 0.780. The maximum atomic E-state index is 12.2. The van der Waals surface area contributed by atoms with E-state index in [2.05, 4.69) is 0 Å². The lowest BCUT2D eigenvalue weighted by Gasteiger charge is -2.36. The molecular formula is C15H17Cl2NO2. The van der Waals surface area contributed by atoms with Crippen LogP contribution in [0.25, 0.3) is 6.08 Å². The molecule has 1 saturated heterocycles. The molecule has 2 atom stereocenters. The minimum Gasteiger partial charge on any atom is -0.375 e. The zero-order valence-electron chi connectivity index (χ0n) is 11.5. The fourth-order valence-corrected chi connectivity index (χ4v) is 2.49. The molecule has 0 aliphatic carbocycles. The molecule has 1 aliphatic heterocycles. The molecule has 20 heavy (non-hydrogen) atoms. The zero-order chi connectivity index (χ0) is 14.7. The molecule has 0 bridgehead atoms. The Kier molecular flexibility index (Phi) is 5.08. The molecular weight excluding hydrogens is 297 g/mol. The lowest BCUT2D eigenvalue weighted by Crippen LogP contribution is -2.49. The van der Waals surface area contributed by atoms with Crippen molar-refractivity contribution in [1.82, 2.24) is 4.90 Å². The lowest BCUT2D eigenvalue weighted by atomic mass is 10.1. The Bertz CT molecular complexity index is 531. The van der Waals surface area contributed by atoms with Crippen LogP contribution in [-0.2, 0) is 9.53 Å². The van der Waals surface area contributed by atoms with Gasteiger partial charge in [0.1, 0.15) is 0 Å². The number of benzene rings is 1. The van der Waals surface area contributed by atoms with Crippen LogP contribution < -0.4 is 0 Å². The first kappa shape index (κ1) is 15.4. The number of morpholine rings is 1. The normalized spacial score (nSPS) is 23.3. The van der Waals surface area contributed by atoms with E-state index in [9.17, 15) is 4.79 Å². The topological polar surface area (TPSA) is 29.5 Å². The molecule has 2 rings (SSSR count). The van der Waals surface area contributed by atoms with Gasteiger partial charge in [-0.2, -0.15) is 0 Å². The average Bonchev–Trinajstić information content (AvgIpc) is 2.43. The third kappa shape index (κ3) is 3.54. The second-order valence-electron chi connectivity index (χ2n) is 4.96. The summed E-state index contributed by atoms with van der Waals surface area (Å²) in [5.41, 5.74) is 0.737.